The van der Waals surface area contributed by atoms with Crippen LogP contribution in [-0.4, -0.2) is 5.11 Å². The molecule has 0 saturated heterocycles. The van der Waals surface area contributed by atoms with Gasteiger partial charge in [0.15, 0.2) is 0 Å². The second-order valence-electron chi connectivity index (χ2n) is 4.44. The molecule has 0 aliphatic carbocycles. The summed E-state index contributed by atoms with van der Waals surface area (Å²) in [4.78, 5) is 0. The van der Waals surface area contributed by atoms with Crippen LogP contribution in [0.1, 0.15) is 58.6 Å². The molecule has 0 atom stereocenters. The van der Waals surface area contributed by atoms with Gasteiger partial charge in [0.1, 0.15) is 11.6 Å². The molecule has 3 heteroatoms. The van der Waals surface area contributed by atoms with Crippen LogP contribution in [0.2, 0.25) is 0 Å². The predicted octanol–water partition coefficient (Wildman–Crippen LogP) is 6.60. The van der Waals surface area contributed by atoms with Gasteiger partial charge in [-0.15, -0.1) is 6.42 Å². The fourth-order valence-electron chi connectivity index (χ4n) is 2.08. The third kappa shape index (κ3) is 4.01. The summed E-state index contributed by atoms with van der Waals surface area (Å²) in [5, 5.41) is 11.3. The molecule has 0 aromatic heterocycles. The highest BCUT2D eigenvalue weighted by Gasteiger charge is 2.16. The quantitative estimate of drug-likeness (QED) is 0.563. The summed E-state index contributed by atoms with van der Waals surface area (Å²) in [6.07, 6.45) is 5.41. The van der Waals surface area contributed by atoms with Crippen LogP contribution in [0.15, 0.2) is 22.7 Å². The van der Waals surface area contributed by atoms with Crippen molar-refractivity contribution in [1.29, 1.82) is 0 Å². The van der Waals surface area contributed by atoms with Crippen molar-refractivity contribution >= 4 is 26.7 Å². The molecule has 0 saturated carbocycles. The van der Waals surface area contributed by atoms with Crippen LogP contribution in [0.5, 0.6) is 5.75 Å². The number of rotatable bonds is 1. The molecule has 0 amide bonds. The normalized spacial score (nSPS) is 9.45. The topological polar surface area (TPSA) is 20.2 Å². The van der Waals surface area contributed by atoms with Crippen LogP contribution in [0.4, 0.5) is 4.39 Å². The molecule has 2 aromatic rings. The van der Waals surface area contributed by atoms with E-state index in [4.69, 9.17) is 6.42 Å². The molecule has 22 heavy (non-hydrogen) atoms. The maximum absolute atomic E-state index is 13.8. The summed E-state index contributed by atoms with van der Waals surface area (Å²) in [6, 6.07) is 4.59. The van der Waals surface area contributed by atoms with Gasteiger partial charge in [0.25, 0.3) is 0 Å². The summed E-state index contributed by atoms with van der Waals surface area (Å²) in [6.45, 7) is 12.0. The molecule has 0 spiro atoms. The standard InChI is InChI=1S/C15H12BrFO.2C2H6/c1-4-9-12(17)6-5-10-14(9)11(8(2)3)7-13(18)15(10)16;2*1-2/h1,5-8,18H,2-3H3;2*1-2H3. The number of phenolic OH excluding ortho intramolecular Hbond substituents is 1. The van der Waals surface area contributed by atoms with Gasteiger partial charge in [-0.1, -0.05) is 53.5 Å². The lowest BCUT2D eigenvalue weighted by Crippen LogP contribution is -1.96. The molecule has 2 rings (SSSR count). The molecule has 120 valence electrons. The van der Waals surface area contributed by atoms with E-state index in [1.165, 1.54) is 6.07 Å². The SMILES string of the molecule is C#Cc1c(F)ccc2c(Br)c(O)cc(C(C)C)c12.CC.CC. The van der Waals surface area contributed by atoms with Crippen LogP contribution >= 0.6 is 15.9 Å². The molecule has 0 aliphatic rings. The van der Waals surface area contributed by atoms with Crippen molar-refractivity contribution in [3.63, 3.8) is 0 Å². The Kier molecular flexibility index (Phi) is 8.82. The van der Waals surface area contributed by atoms with Crippen molar-refractivity contribution in [2.45, 2.75) is 47.5 Å². The lowest BCUT2D eigenvalue weighted by Gasteiger charge is -2.15. The Balaban J connectivity index is 0.00000102. The van der Waals surface area contributed by atoms with Crippen molar-refractivity contribution in [2.75, 3.05) is 0 Å². The Morgan fingerprint density at radius 1 is 1.18 bits per heavy atom. The first kappa shape index (κ1) is 20.5. The fourth-order valence-corrected chi connectivity index (χ4v) is 2.52. The van der Waals surface area contributed by atoms with Crippen LogP contribution < -0.4 is 0 Å². The molecule has 0 unspecified atom stereocenters. The van der Waals surface area contributed by atoms with E-state index in [9.17, 15) is 9.50 Å². The average Bonchev–Trinajstić information content (AvgIpc) is 2.54. The molecular weight excluding hydrogens is 343 g/mol. The summed E-state index contributed by atoms with van der Waals surface area (Å²) < 4.78 is 14.3. The van der Waals surface area contributed by atoms with Crippen LogP contribution in [0.3, 0.4) is 0 Å². The minimum Gasteiger partial charge on any atom is -0.507 e. The fraction of sp³-hybridized carbons (Fsp3) is 0.368. The maximum atomic E-state index is 13.8. The van der Waals surface area contributed by atoms with Crippen molar-refractivity contribution in [3.05, 3.63) is 39.6 Å². The Hall–Kier alpha value is -1.53. The molecule has 0 aliphatic heterocycles. The molecule has 1 nitrogen and oxygen atoms in total. The van der Waals surface area contributed by atoms with E-state index in [1.807, 2.05) is 41.5 Å². The largest absolute Gasteiger partial charge is 0.507 e. The van der Waals surface area contributed by atoms with Gasteiger partial charge in [0.05, 0.1) is 10.0 Å². The Labute approximate surface area is 141 Å². The second kappa shape index (κ2) is 9.48. The van der Waals surface area contributed by atoms with Gasteiger partial charge in [0, 0.05) is 10.8 Å². The van der Waals surface area contributed by atoms with Gasteiger partial charge in [-0.3, -0.25) is 0 Å². The number of hydrogen-bond donors (Lipinski definition) is 1. The van der Waals surface area contributed by atoms with Gasteiger partial charge in [-0.05, 0) is 39.5 Å². The first-order chi connectivity index (χ1) is 10.5. The van der Waals surface area contributed by atoms with E-state index in [1.54, 1.807) is 12.1 Å². The summed E-state index contributed by atoms with van der Waals surface area (Å²) in [5.41, 5.74) is 1.09. The van der Waals surface area contributed by atoms with E-state index >= 15 is 0 Å². The number of aromatic hydroxyl groups is 1. The van der Waals surface area contributed by atoms with E-state index in [0.717, 1.165) is 10.9 Å². The van der Waals surface area contributed by atoms with Gasteiger partial charge in [0.2, 0.25) is 0 Å². The lowest BCUT2D eigenvalue weighted by molar-refractivity contribution is 0.472. The minimum atomic E-state index is -0.413. The van der Waals surface area contributed by atoms with Crippen LogP contribution in [0.25, 0.3) is 10.8 Å². The molecule has 0 bridgehead atoms. The molecule has 0 heterocycles. The monoisotopic (exact) mass is 366 g/mol. The van der Waals surface area contributed by atoms with Crippen molar-refractivity contribution in [1.82, 2.24) is 0 Å². The van der Waals surface area contributed by atoms with Gasteiger partial charge in [-0.2, -0.15) is 0 Å². The maximum Gasteiger partial charge on any atom is 0.139 e. The minimum absolute atomic E-state index is 0.139. The zero-order valence-electron chi connectivity index (χ0n) is 14.1. The average molecular weight is 367 g/mol. The lowest BCUT2D eigenvalue weighted by atomic mass is 9.92. The number of phenols is 1. The smallest absolute Gasteiger partial charge is 0.139 e. The van der Waals surface area contributed by atoms with E-state index in [0.29, 0.717) is 9.86 Å². The molecule has 2 aromatic carbocycles. The van der Waals surface area contributed by atoms with Gasteiger partial charge in [-0.25, -0.2) is 4.39 Å². The van der Waals surface area contributed by atoms with Crippen molar-refractivity contribution in [2.24, 2.45) is 0 Å². The molecule has 0 fully saturated rings. The van der Waals surface area contributed by atoms with Crippen LogP contribution in [-0.2, 0) is 0 Å². The van der Waals surface area contributed by atoms with E-state index in [2.05, 4.69) is 21.9 Å². The number of halogens is 2. The first-order valence-corrected chi connectivity index (χ1v) is 8.36. The second-order valence-corrected chi connectivity index (χ2v) is 5.24. The number of terminal acetylenes is 1. The van der Waals surface area contributed by atoms with Gasteiger partial charge < -0.3 is 5.11 Å². The third-order valence-electron chi connectivity index (χ3n) is 2.96. The Bertz CT molecular complexity index is 669. The van der Waals surface area contributed by atoms with E-state index < -0.39 is 5.82 Å². The molecule has 0 radical (unpaired) electrons. The Morgan fingerprint density at radius 2 is 1.73 bits per heavy atom. The third-order valence-corrected chi connectivity index (χ3v) is 3.80. The highest BCUT2D eigenvalue weighted by atomic mass is 79.9. The van der Waals surface area contributed by atoms with Crippen LogP contribution in [0, 0.1) is 18.2 Å². The Morgan fingerprint density at radius 3 is 2.18 bits per heavy atom. The number of fused-ring (bicyclic) bond motifs is 1. The molecular formula is C19H24BrFO. The number of benzene rings is 2. The highest BCUT2D eigenvalue weighted by Crippen LogP contribution is 2.39. The molecule has 1 N–H and O–H groups in total. The zero-order valence-corrected chi connectivity index (χ0v) is 15.7. The van der Waals surface area contributed by atoms with Crippen molar-refractivity contribution < 1.29 is 9.50 Å². The number of hydrogen-bond acceptors (Lipinski definition) is 1. The zero-order chi connectivity index (χ0) is 17.4. The van der Waals surface area contributed by atoms with E-state index in [-0.39, 0.29) is 17.2 Å². The predicted molar refractivity (Wildman–Crippen MR) is 98.0 cm³/mol. The summed E-state index contributed by atoms with van der Waals surface area (Å²) in [5.74, 6) is 2.27. The first-order valence-electron chi connectivity index (χ1n) is 7.57. The van der Waals surface area contributed by atoms with Crippen molar-refractivity contribution in [3.8, 4) is 18.1 Å². The van der Waals surface area contributed by atoms with Gasteiger partial charge >= 0.3 is 0 Å². The highest BCUT2D eigenvalue weighted by molar-refractivity contribution is 9.10. The summed E-state index contributed by atoms with van der Waals surface area (Å²) in [7, 11) is 0. The summed E-state index contributed by atoms with van der Waals surface area (Å²) >= 11 is 3.31.